The maximum atomic E-state index is 12.4. The number of hydrogen-bond donors (Lipinski definition) is 1. The number of aromatic amines is 1. The van der Waals surface area contributed by atoms with Crippen LogP contribution in [0.5, 0.6) is 0 Å². The molecule has 20 heavy (non-hydrogen) atoms. The second-order valence-electron chi connectivity index (χ2n) is 4.22. The van der Waals surface area contributed by atoms with Crippen molar-refractivity contribution in [2.75, 3.05) is 0 Å². The van der Waals surface area contributed by atoms with E-state index in [-0.39, 0.29) is 16.1 Å². The summed E-state index contributed by atoms with van der Waals surface area (Å²) in [6.07, 6.45) is 0. The normalized spacial score (nSPS) is 10.9. The molecule has 1 aromatic heterocycles. The summed E-state index contributed by atoms with van der Waals surface area (Å²) in [4.78, 5) is 24.4. The van der Waals surface area contributed by atoms with Crippen LogP contribution in [0.15, 0.2) is 52.1 Å². The Kier molecular flexibility index (Phi) is 3.12. The van der Waals surface area contributed by atoms with Crippen molar-refractivity contribution in [1.29, 1.82) is 0 Å². The predicted octanol–water partition coefficient (Wildman–Crippen LogP) is 2.99. The first-order valence-corrected chi connectivity index (χ1v) is 6.53. The van der Waals surface area contributed by atoms with E-state index in [9.17, 15) is 9.59 Å². The third kappa shape index (κ3) is 2.03. The minimum Gasteiger partial charge on any atom is -0.267 e. The van der Waals surface area contributed by atoms with E-state index < -0.39 is 0 Å². The van der Waals surface area contributed by atoms with Crippen LogP contribution in [0.1, 0.15) is 0 Å². The zero-order valence-electron chi connectivity index (χ0n) is 10.1. The number of H-pyrrole nitrogens is 1. The van der Waals surface area contributed by atoms with Crippen molar-refractivity contribution in [2.45, 2.75) is 0 Å². The summed E-state index contributed by atoms with van der Waals surface area (Å²) < 4.78 is 1.13. The SMILES string of the molecule is O=c1[nH]n(-c2ccc(Cl)cc2Cl)c(=O)c2ccccc12. The summed E-state index contributed by atoms with van der Waals surface area (Å²) >= 11 is 11.9. The summed E-state index contributed by atoms with van der Waals surface area (Å²) in [6.45, 7) is 0. The second kappa shape index (κ2) is 4.81. The maximum absolute atomic E-state index is 12.4. The van der Waals surface area contributed by atoms with E-state index in [0.717, 1.165) is 4.68 Å². The molecule has 0 aliphatic heterocycles. The number of nitrogens with zero attached hydrogens (tertiary/aromatic N) is 1. The highest BCUT2D eigenvalue weighted by Gasteiger charge is 2.10. The molecule has 0 fully saturated rings. The standard InChI is InChI=1S/C14H8Cl2N2O2/c15-8-5-6-12(11(16)7-8)18-14(20)10-4-2-1-3-9(10)13(19)17-18/h1-7H,(H,17,19). The summed E-state index contributed by atoms with van der Waals surface area (Å²) in [5.41, 5.74) is -0.320. The molecule has 1 heterocycles. The Morgan fingerprint density at radius 3 is 2.35 bits per heavy atom. The third-order valence-corrected chi connectivity index (χ3v) is 3.51. The monoisotopic (exact) mass is 306 g/mol. The van der Waals surface area contributed by atoms with Gasteiger partial charge < -0.3 is 0 Å². The first kappa shape index (κ1) is 13.0. The van der Waals surface area contributed by atoms with Crippen molar-refractivity contribution in [3.8, 4) is 5.69 Å². The van der Waals surface area contributed by atoms with Crippen molar-refractivity contribution >= 4 is 34.0 Å². The van der Waals surface area contributed by atoms with Crippen LogP contribution < -0.4 is 11.1 Å². The molecule has 0 saturated heterocycles. The van der Waals surface area contributed by atoms with Crippen LogP contribution in [0.3, 0.4) is 0 Å². The van der Waals surface area contributed by atoms with Gasteiger partial charge in [-0.15, -0.1) is 0 Å². The number of halogens is 2. The zero-order chi connectivity index (χ0) is 14.3. The lowest BCUT2D eigenvalue weighted by Crippen LogP contribution is -2.28. The first-order valence-electron chi connectivity index (χ1n) is 5.77. The van der Waals surface area contributed by atoms with Crippen molar-refractivity contribution in [3.63, 3.8) is 0 Å². The van der Waals surface area contributed by atoms with Gasteiger partial charge in [-0.25, -0.2) is 4.68 Å². The van der Waals surface area contributed by atoms with Crippen LogP contribution in [0.25, 0.3) is 16.5 Å². The quantitative estimate of drug-likeness (QED) is 0.751. The Hall–Kier alpha value is -2.04. The smallest absolute Gasteiger partial charge is 0.267 e. The summed E-state index contributed by atoms with van der Waals surface area (Å²) in [6, 6.07) is 11.3. The Bertz CT molecular complexity index is 928. The topological polar surface area (TPSA) is 54.9 Å². The van der Waals surface area contributed by atoms with Gasteiger partial charge in [0.15, 0.2) is 0 Å². The average molecular weight is 307 g/mol. The van der Waals surface area contributed by atoms with Crippen LogP contribution in [0, 0.1) is 0 Å². The fourth-order valence-electron chi connectivity index (χ4n) is 2.03. The molecule has 1 N–H and O–H groups in total. The lowest BCUT2D eigenvalue weighted by Gasteiger charge is -2.09. The number of fused-ring (bicyclic) bond motifs is 1. The van der Waals surface area contributed by atoms with Crippen LogP contribution in [0.2, 0.25) is 10.0 Å². The highest BCUT2D eigenvalue weighted by molar-refractivity contribution is 6.35. The molecular formula is C14H8Cl2N2O2. The van der Waals surface area contributed by atoms with E-state index in [1.54, 1.807) is 36.4 Å². The fraction of sp³-hybridized carbons (Fsp3) is 0. The maximum Gasteiger partial charge on any atom is 0.277 e. The van der Waals surface area contributed by atoms with E-state index in [1.165, 1.54) is 6.07 Å². The molecule has 0 unspecified atom stereocenters. The van der Waals surface area contributed by atoms with Gasteiger partial charge in [-0.1, -0.05) is 35.3 Å². The van der Waals surface area contributed by atoms with Gasteiger partial charge in [0.05, 0.1) is 21.5 Å². The molecule has 0 aliphatic rings. The Balaban J connectivity index is 2.41. The Morgan fingerprint density at radius 1 is 0.950 bits per heavy atom. The molecule has 6 heteroatoms. The van der Waals surface area contributed by atoms with Gasteiger partial charge in [0.2, 0.25) is 0 Å². The Morgan fingerprint density at radius 2 is 1.65 bits per heavy atom. The predicted molar refractivity (Wildman–Crippen MR) is 80.2 cm³/mol. The number of hydrogen-bond acceptors (Lipinski definition) is 2. The van der Waals surface area contributed by atoms with Crippen LogP contribution in [-0.2, 0) is 0 Å². The summed E-state index contributed by atoms with van der Waals surface area (Å²) in [5.74, 6) is 0. The molecule has 3 aromatic rings. The molecule has 0 aliphatic carbocycles. The van der Waals surface area contributed by atoms with E-state index in [4.69, 9.17) is 23.2 Å². The molecule has 0 amide bonds. The number of nitrogens with one attached hydrogen (secondary N) is 1. The number of rotatable bonds is 1. The molecule has 3 rings (SSSR count). The summed E-state index contributed by atoms with van der Waals surface area (Å²) in [7, 11) is 0. The van der Waals surface area contributed by atoms with Gasteiger partial charge in [-0.3, -0.25) is 14.7 Å². The molecule has 100 valence electrons. The first-order chi connectivity index (χ1) is 9.58. The molecule has 4 nitrogen and oxygen atoms in total. The zero-order valence-corrected chi connectivity index (χ0v) is 11.6. The minimum atomic E-state index is -0.355. The van der Waals surface area contributed by atoms with E-state index in [0.29, 0.717) is 21.5 Å². The number of benzene rings is 2. The van der Waals surface area contributed by atoms with Crippen molar-refractivity contribution < 1.29 is 0 Å². The van der Waals surface area contributed by atoms with Gasteiger partial charge >= 0.3 is 0 Å². The molecule has 0 bridgehead atoms. The lowest BCUT2D eigenvalue weighted by molar-refractivity contribution is 0.802. The van der Waals surface area contributed by atoms with Crippen molar-refractivity contribution in [2.24, 2.45) is 0 Å². The molecule has 0 atom stereocenters. The molecule has 0 spiro atoms. The van der Waals surface area contributed by atoms with Gasteiger partial charge in [0.25, 0.3) is 11.1 Å². The minimum absolute atomic E-state index is 0.283. The molecule has 0 saturated carbocycles. The average Bonchev–Trinajstić information content (AvgIpc) is 2.43. The van der Waals surface area contributed by atoms with Crippen molar-refractivity contribution in [3.05, 3.63) is 73.2 Å². The van der Waals surface area contributed by atoms with Gasteiger partial charge in [-0.05, 0) is 30.3 Å². The molecular weight excluding hydrogens is 299 g/mol. The van der Waals surface area contributed by atoms with E-state index >= 15 is 0 Å². The largest absolute Gasteiger partial charge is 0.277 e. The lowest BCUT2D eigenvalue weighted by atomic mass is 10.2. The van der Waals surface area contributed by atoms with Crippen LogP contribution in [0.4, 0.5) is 0 Å². The van der Waals surface area contributed by atoms with Gasteiger partial charge in [-0.2, -0.15) is 0 Å². The van der Waals surface area contributed by atoms with E-state index in [2.05, 4.69) is 5.10 Å². The molecule has 0 radical (unpaired) electrons. The number of aromatic nitrogens is 2. The van der Waals surface area contributed by atoms with Crippen LogP contribution >= 0.6 is 23.2 Å². The molecule has 2 aromatic carbocycles. The highest BCUT2D eigenvalue weighted by Crippen LogP contribution is 2.22. The van der Waals surface area contributed by atoms with E-state index in [1.807, 2.05) is 0 Å². The van der Waals surface area contributed by atoms with Gasteiger partial charge in [0, 0.05) is 5.02 Å². The Labute approximate surface area is 123 Å². The fourth-order valence-corrected chi connectivity index (χ4v) is 2.53. The van der Waals surface area contributed by atoms with Crippen molar-refractivity contribution in [1.82, 2.24) is 9.78 Å². The summed E-state index contributed by atoms with van der Waals surface area (Å²) in [5, 5.41) is 3.93. The highest BCUT2D eigenvalue weighted by atomic mass is 35.5. The van der Waals surface area contributed by atoms with Gasteiger partial charge in [0.1, 0.15) is 0 Å². The third-order valence-electron chi connectivity index (χ3n) is 2.97. The second-order valence-corrected chi connectivity index (χ2v) is 5.07. The van der Waals surface area contributed by atoms with Crippen LogP contribution in [-0.4, -0.2) is 9.78 Å².